The van der Waals surface area contributed by atoms with Gasteiger partial charge in [0, 0.05) is 13.5 Å². The van der Waals surface area contributed by atoms with E-state index in [1.807, 2.05) is 6.92 Å². The van der Waals surface area contributed by atoms with Gasteiger partial charge in [0.25, 0.3) is 0 Å². The highest BCUT2D eigenvalue weighted by Crippen LogP contribution is 1.99. The number of aromatic nitrogens is 3. The fourth-order valence-corrected chi connectivity index (χ4v) is 0.741. The molecule has 60 valence electrons. The monoisotopic (exact) mass is 154 g/mol. The van der Waals surface area contributed by atoms with Gasteiger partial charge < -0.3 is 4.57 Å². The highest BCUT2D eigenvalue weighted by molar-refractivity contribution is 5.86. The quantitative estimate of drug-likeness (QED) is 0.664. The molecule has 1 heterocycles. The summed E-state index contributed by atoms with van der Waals surface area (Å²) < 4.78 is 1.75. The normalized spacial score (nSPS) is 9.64. The van der Waals surface area contributed by atoms with Crippen LogP contribution in [0.15, 0.2) is 6.33 Å². The maximum atomic E-state index is 10.6. The molecule has 0 fully saturated rings. The molecule has 0 saturated carbocycles. The van der Waals surface area contributed by atoms with Gasteiger partial charge in [-0.25, -0.2) is 0 Å². The number of nitrogens with zero attached hydrogens (tertiary/aromatic N) is 3. The first-order chi connectivity index (χ1) is 5.24. The van der Waals surface area contributed by atoms with Crippen molar-refractivity contribution in [2.24, 2.45) is 0 Å². The van der Waals surface area contributed by atoms with Crippen LogP contribution in [-0.2, 0) is 11.3 Å². The standard InChI is InChI=1S/C6H10N4O/c1-3-10-4-7-9-6(10)8-5(2)11/h4H,3H2,1-2H3,(H,8,9,11). The number of amides is 1. The molecule has 0 spiro atoms. The molecule has 11 heavy (non-hydrogen) atoms. The van der Waals surface area contributed by atoms with Crippen molar-refractivity contribution in [3.63, 3.8) is 0 Å². The maximum Gasteiger partial charge on any atom is 0.231 e. The average molecular weight is 154 g/mol. The largest absolute Gasteiger partial charge is 0.300 e. The zero-order valence-electron chi connectivity index (χ0n) is 6.53. The Morgan fingerprint density at radius 3 is 3.09 bits per heavy atom. The molecule has 0 aromatic carbocycles. The van der Waals surface area contributed by atoms with E-state index >= 15 is 0 Å². The second-order valence-corrected chi connectivity index (χ2v) is 2.12. The summed E-state index contributed by atoms with van der Waals surface area (Å²) >= 11 is 0. The molecule has 1 aromatic heterocycles. The van der Waals surface area contributed by atoms with E-state index in [0.717, 1.165) is 6.54 Å². The van der Waals surface area contributed by atoms with Crippen LogP contribution in [0.2, 0.25) is 0 Å². The third-order valence-electron chi connectivity index (χ3n) is 1.24. The van der Waals surface area contributed by atoms with Crippen LogP contribution in [0.5, 0.6) is 0 Å². The molecule has 0 atom stereocenters. The lowest BCUT2D eigenvalue weighted by atomic mass is 10.6. The van der Waals surface area contributed by atoms with Crippen LogP contribution in [0.1, 0.15) is 13.8 Å². The van der Waals surface area contributed by atoms with Crippen molar-refractivity contribution < 1.29 is 4.79 Å². The van der Waals surface area contributed by atoms with Gasteiger partial charge in [-0.1, -0.05) is 0 Å². The lowest BCUT2D eigenvalue weighted by molar-refractivity contribution is -0.114. The van der Waals surface area contributed by atoms with Gasteiger partial charge in [0.05, 0.1) is 0 Å². The molecule has 0 bridgehead atoms. The fraction of sp³-hybridized carbons (Fsp3) is 0.500. The van der Waals surface area contributed by atoms with E-state index in [1.54, 1.807) is 10.9 Å². The van der Waals surface area contributed by atoms with Gasteiger partial charge in [-0.2, -0.15) is 0 Å². The molecule has 0 unspecified atom stereocenters. The van der Waals surface area contributed by atoms with Gasteiger partial charge in [0.15, 0.2) is 0 Å². The number of hydrogen-bond donors (Lipinski definition) is 1. The zero-order valence-corrected chi connectivity index (χ0v) is 6.53. The number of aryl methyl sites for hydroxylation is 1. The molecule has 0 radical (unpaired) electrons. The minimum Gasteiger partial charge on any atom is -0.300 e. The Bertz CT molecular complexity index is 255. The molecule has 5 nitrogen and oxygen atoms in total. The van der Waals surface area contributed by atoms with Crippen molar-refractivity contribution in [3.05, 3.63) is 6.33 Å². The number of rotatable bonds is 2. The summed E-state index contributed by atoms with van der Waals surface area (Å²) in [5.41, 5.74) is 0. The lowest BCUT2D eigenvalue weighted by Crippen LogP contribution is -2.11. The summed E-state index contributed by atoms with van der Waals surface area (Å²) in [6, 6.07) is 0. The van der Waals surface area contributed by atoms with Crippen LogP contribution >= 0.6 is 0 Å². The molecule has 5 heteroatoms. The van der Waals surface area contributed by atoms with Crippen LogP contribution in [0.4, 0.5) is 5.95 Å². The van der Waals surface area contributed by atoms with Gasteiger partial charge in [0.2, 0.25) is 11.9 Å². The number of carbonyl (C=O) groups is 1. The summed E-state index contributed by atoms with van der Waals surface area (Å²) in [6.07, 6.45) is 1.57. The summed E-state index contributed by atoms with van der Waals surface area (Å²) in [7, 11) is 0. The van der Waals surface area contributed by atoms with E-state index < -0.39 is 0 Å². The average Bonchev–Trinajstić information content (AvgIpc) is 2.34. The van der Waals surface area contributed by atoms with Crippen molar-refractivity contribution in [2.75, 3.05) is 5.32 Å². The second kappa shape index (κ2) is 3.14. The summed E-state index contributed by atoms with van der Waals surface area (Å²) in [5, 5.41) is 9.91. The summed E-state index contributed by atoms with van der Waals surface area (Å²) in [6.45, 7) is 4.14. The third-order valence-corrected chi connectivity index (χ3v) is 1.24. The molecule has 1 amide bonds. The smallest absolute Gasteiger partial charge is 0.231 e. The first-order valence-corrected chi connectivity index (χ1v) is 3.39. The molecule has 0 aliphatic rings. The van der Waals surface area contributed by atoms with Gasteiger partial charge >= 0.3 is 0 Å². The molecular formula is C6H10N4O. The third kappa shape index (κ3) is 1.76. The topological polar surface area (TPSA) is 59.8 Å². The Morgan fingerprint density at radius 1 is 1.82 bits per heavy atom. The fourth-order valence-electron chi connectivity index (χ4n) is 0.741. The molecule has 0 aliphatic heterocycles. The first kappa shape index (κ1) is 7.71. The van der Waals surface area contributed by atoms with E-state index in [1.165, 1.54) is 6.92 Å². The van der Waals surface area contributed by atoms with Gasteiger partial charge in [0.1, 0.15) is 6.33 Å². The molecular weight excluding hydrogens is 144 g/mol. The van der Waals surface area contributed by atoms with Crippen molar-refractivity contribution in [3.8, 4) is 0 Å². The molecule has 1 aromatic rings. The number of carbonyl (C=O) groups excluding carboxylic acids is 1. The molecule has 1 rings (SSSR count). The minimum absolute atomic E-state index is 0.132. The predicted molar refractivity (Wildman–Crippen MR) is 40.0 cm³/mol. The van der Waals surface area contributed by atoms with E-state index in [9.17, 15) is 4.79 Å². The van der Waals surface area contributed by atoms with Crippen LogP contribution in [-0.4, -0.2) is 20.7 Å². The van der Waals surface area contributed by atoms with Crippen LogP contribution < -0.4 is 5.32 Å². The first-order valence-electron chi connectivity index (χ1n) is 3.39. The van der Waals surface area contributed by atoms with E-state index in [2.05, 4.69) is 15.5 Å². The van der Waals surface area contributed by atoms with E-state index in [4.69, 9.17) is 0 Å². The van der Waals surface area contributed by atoms with Crippen LogP contribution in [0.25, 0.3) is 0 Å². The van der Waals surface area contributed by atoms with Gasteiger partial charge in [-0.05, 0) is 6.92 Å². The highest BCUT2D eigenvalue weighted by Gasteiger charge is 2.01. The van der Waals surface area contributed by atoms with Crippen molar-refractivity contribution in [1.82, 2.24) is 14.8 Å². The van der Waals surface area contributed by atoms with Gasteiger partial charge in [-0.15, -0.1) is 10.2 Å². The number of nitrogens with one attached hydrogen (secondary N) is 1. The number of hydrogen-bond acceptors (Lipinski definition) is 3. The van der Waals surface area contributed by atoms with Crippen molar-refractivity contribution in [1.29, 1.82) is 0 Å². The predicted octanol–water partition coefficient (Wildman–Crippen LogP) is 0.256. The summed E-state index contributed by atoms with van der Waals surface area (Å²) in [5.74, 6) is 0.368. The van der Waals surface area contributed by atoms with Crippen molar-refractivity contribution >= 4 is 11.9 Å². The zero-order chi connectivity index (χ0) is 8.27. The highest BCUT2D eigenvalue weighted by atomic mass is 16.1. The van der Waals surface area contributed by atoms with Gasteiger partial charge in [-0.3, -0.25) is 10.1 Å². The van der Waals surface area contributed by atoms with Crippen LogP contribution in [0.3, 0.4) is 0 Å². The Balaban J connectivity index is 2.76. The molecule has 0 saturated heterocycles. The number of anilines is 1. The molecule has 0 aliphatic carbocycles. The van der Waals surface area contributed by atoms with Crippen LogP contribution in [0, 0.1) is 0 Å². The van der Waals surface area contributed by atoms with E-state index in [0.29, 0.717) is 5.95 Å². The molecule has 1 N–H and O–H groups in total. The Morgan fingerprint density at radius 2 is 2.55 bits per heavy atom. The van der Waals surface area contributed by atoms with Crippen molar-refractivity contribution in [2.45, 2.75) is 20.4 Å². The summed E-state index contributed by atoms with van der Waals surface area (Å²) in [4.78, 5) is 10.6. The second-order valence-electron chi connectivity index (χ2n) is 2.12. The Kier molecular flexibility index (Phi) is 2.20. The Labute approximate surface area is 64.4 Å². The minimum atomic E-state index is -0.132. The Hall–Kier alpha value is -1.39. The SMILES string of the molecule is CCn1cnnc1NC(C)=O. The van der Waals surface area contributed by atoms with E-state index in [-0.39, 0.29) is 5.91 Å². The lowest BCUT2D eigenvalue weighted by Gasteiger charge is -2.01. The maximum absolute atomic E-state index is 10.6.